The van der Waals surface area contributed by atoms with Crippen LogP contribution < -0.4 is 10.7 Å². The van der Waals surface area contributed by atoms with Crippen LogP contribution >= 0.6 is 11.6 Å². The summed E-state index contributed by atoms with van der Waals surface area (Å²) in [7, 11) is 0. The second-order valence-corrected chi connectivity index (χ2v) is 8.59. The van der Waals surface area contributed by atoms with Crippen molar-refractivity contribution in [2.75, 3.05) is 0 Å². The third kappa shape index (κ3) is 6.74. The average Bonchev–Trinajstić information content (AvgIpc) is 2.84. The Morgan fingerprint density at radius 3 is 2.03 bits per heavy atom. The van der Waals surface area contributed by atoms with Gasteiger partial charge in [-0.15, -0.1) is 0 Å². The summed E-state index contributed by atoms with van der Waals surface area (Å²) in [6.07, 6.45) is 1.23. The molecule has 8 nitrogen and oxygen atoms in total. The highest BCUT2D eigenvalue weighted by Gasteiger charge is 2.29. The zero-order chi connectivity index (χ0) is 25.4. The van der Waals surface area contributed by atoms with Gasteiger partial charge in [0.2, 0.25) is 5.91 Å². The number of rotatable bonds is 9. The molecule has 0 aliphatic carbocycles. The quantitative estimate of drug-likeness (QED) is 0.256. The van der Waals surface area contributed by atoms with Crippen molar-refractivity contribution >= 4 is 35.3 Å². The van der Waals surface area contributed by atoms with E-state index in [0.717, 1.165) is 11.1 Å². The fourth-order valence-electron chi connectivity index (χ4n) is 3.54. The van der Waals surface area contributed by atoms with Crippen LogP contribution in [0.3, 0.4) is 0 Å². The standard InChI is InChI=1S/C26H25ClN4O4/c1-17(2)24(26(33)30-28-16-20-15-21(31(34)35)13-14-22(20)27)29-25(32)23(18-9-5-3-6-10-18)19-11-7-4-8-12-19/h3-17,23-24H,1-2H3,(H,29,32)(H,30,33)/b28-16-/t24-/m1/s1. The number of hydrogen-bond donors (Lipinski definition) is 2. The van der Waals surface area contributed by atoms with Gasteiger partial charge < -0.3 is 5.32 Å². The maximum absolute atomic E-state index is 13.4. The van der Waals surface area contributed by atoms with Gasteiger partial charge in [-0.25, -0.2) is 5.43 Å². The monoisotopic (exact) mass is 492 g/mol. The summed E-state index contributed by atoms with van der Waals surface area (Å²) in [6, 6.07) is 21.7. The highest BCUT2D eigenvalue weighted by Crippen LogP contribution is 2.25. The molecule has 0 spiro atoms. The molecule has 0 aliphatic heterocycles. The van der Waals surface area contributed by atoms with Crippen molar-refractivity contribution in [3.8, 4) is 0 Å². The van der Waals surface area contributed by atoms with Crippen molar-refractivity contribution in [2.24, 2.45) is 11.0 Å². The number of nitrogens with zero attached hydrogens (tertiary/aromatic N) is 2. The number of carbonyl (C=O) groups is 2. The Morgan fingerprint density at radius 2 is 1.51 bits per heavy atom. The van der Waals surface area contributed by atoms with E-state index in [1.807, 2.05) is 74.5 Å². The van der Waals surface area contributed by atoms with E-state index in [1.165, 1.54) is 24.4 Å². The number of carbonyl (C=O) groups excluding carboxylic acids is 2. The number of hydrazone groups is 1. The van der Waals surface area contributed by atoms with E-state index in [0.29, 0.717) is 0 Å². The molecule has 2 amide bonds. The predicted octanol–water partition coefficient (Wildman–Crippen LogP) is 4.67. The fraction of sp³-hybridized carbons (Fsp3) is 0.192. The molecule has 0 saturated heterocycles. The largest absolute Gasteiger partial charge is 0.343 e. The van der Waals surface area contributed by atoms with Gasteiger partial charge in [-0.1, -0.05) is 86.1 Å². The molecule has 0 radical (unpaired) electrons. The lowest BCUT2D eigenvalue weighted by atomic mass is 9.89. The molecule has 180 valence electrons. The summed E-state index contributed by atoms with van der Waals surface area (Å²) in [5.74, 6) is -1.67. The first-order valence-corrected chi connectivity index (χ1v) is 11.3. The van der Waals surface area contributed by atoms with Crippen molar-refractivity contribution in [1.82, 2.24) is 10.7 Å². The van der Waals surface area contributed by atoms with Gasteiger partial charge >= 0.3 is 0 Å². The number of non-ortho nitro benzene ring substituents is 1. The molecular weight excluding hydrogens is 468 g/mol. The fourth-order valence-corrected chi connectivity index (χ4v) is 3.70. The first-order chi connectivity index (χ1) is 16.8. The average molecular weight is 493 g/mol. The Hall–Kier alpha value is -4.04. The molecule has 2 N–H and O–H groups in total. The summed E-state index contributed by atoms with van der Waals surface area (Å²) >= 11 is 6.07. The number of halogens is 1. The van der Waals surface area contributed by atoms with Gasteiger partial charge in [-0.05, 0) is 23.1 Å². The van der Waals surface area contributed by atoms with Crippen LogP contribution in [0.25, 0.3) is 0 Å². The second-order valence-electron chi connectivity index (χ2n) is 8.18. The molecule has 0 bridgehead atoms. The Balaban J connectivity index is 1.77. The lowest BCUT2D eigenvalue weighted by molar-refractivity contribution is -0.384. The molecule has 1 atom stereocenters. The van der Waals surface area contributed by atoms with E-state index < -0.39 is 22.8 Å². The van der Waals surface area contributed by atoms with Crippen LogP contribution in [0.5, 0.6) is 0 Å². The SMILES string of the molecule is CC(C)[C@@H](NC(=O)C(c1ccccc1)c1ccccc1)C(=O)N/N=C\c1cc([N+](=O)[O-])ccc1Cl. The zero-order valence-corrected chi connectivity index (χ0v) is 20.0. The number of nitro groups is 1. The number of hydrogen-bond acceptors (Lipinski definition) is 5. The highest BCUT2D eigenvalue weighted by molar-refractivity contribution is 6.33. The summed E-state index contributed by atoms with van der Waals surface area (Å²) in [6.45, 7) is 3.62. The minimum atomic E-state index is -0.866. The lowest BCUT2D eigenvalue weighted by Crippen LogP contribution is -2.50. The summed E-state index contributed by atoms with van der Waals surface area (Å²) in [4.78, 5) is 36.7. The molecule has 0 saturated carbocycles. The Morgan fingerprint density at radius 1 is 0.943 bits per heavy atom. The summed E-state index contributed by atoms with van der Waals surface area (Å²) < 4.78 is 0. The van der Waals surface area contributed by atoms with Crippen LogP contribution in [0.1, 0.15) is 36.5 Å². The Bertz CT molecular complexity index is 1180. The first-order valence-electron chi connectivity index (χ1n) is 10.9. The number of amides is 2. The van der Waals surface area contributed by atoms with E-state index in [2.05, 4.69) is 15.8 Å². The smallest absolute Gasteiger partial charge is 0.270 e. The van der Waals surface area contributed by atoms with E-state index in [-0.39, 0.29) is 28.1 Å². The molecule has 0 aliphatic rings. The van der Waals surface area contributed by atoms with Gasteiger partial charge in [0, 0.05) is 22.7 Å². The van der Waals surface area contributed by atoms with Crippen LogP contribution in [0, 0.1) is 16.0 Å². The van der Waals surface area contributed by atoms with Gasteiger partial charge in [0.25, 0.3) is 11.6 Å². The van der Waals surface area contributed by atoms with E-state index in [9.17, 15) is 19.7 Å². The van der Waals surface area contributed by atoms with E-state index in [4.69, 9.17) is 11.6 Å². The first kappa shape index (κ1) is 25.6. The van der Waals surface area contributed by atoms with Crippen LogP contribution in [-0.4, -0.2) is 29.0 Å². The summed E-state index contributed by atoms with van der Waals surface area (Å²) in [5, 5.41) is 18.0. The maximum atomic E-state index is 13.4. The maximum Gasteiger partial charge on any atom is 0.270 e. The molecule has 0 unspecified atom stereocenters. The van der Waals surface area contributed by atoms with Crippen molar-refractivity contribution in [2.45, 2.75) is 25.8 Å². The third-order valence-electron chi connectivity index (χ3n) is 5.34. The van der Waals surface area contributed by atoms with Gasteiger partial charge in [0.05, 0.1) is 17.1 Å². The van der Waals surface area contributed by atoms with Gasteiger partial charge in [-0.2, -0.15) is 5.10 Å². The van der Waals surface area contributed by atoms with Crippen molar-refractivity contribution < 1.29 is 14.5 Å². The Labute approximate surface area is 208 Å². The third-order valence-corrected chi connectivity index (χ3v) is 5.69. The summed E-state index contributed by atoms with van der Waals surface area (Å²) in [5.41, 5.74) is 4.13. The van der Waals surface area contributed by atoms with Gasteiger partial charge in [0.15, 0.2) is 0 Å². The molecular formula is C26H25ClN4O4. The minimum absolute atomic E-state index is 0.151. The molecule has 35 heavy (non-hydrogen) atoms. The van der Waals surface area contributed by atoms with E-state index >= 15 is 0 Å². The molecule has 9 heteroatoms. The topological polar surface area (TPSA) is 114 Å². The molecule has 3 rings (SSSR count). The highest BCUT2D eigenvalue weighted by atomic mass is 35.5. The molecule has 0 heterocycles. The van der Waals surface area contributed by atoms with Crippen LogP contribution in [0.15, 0.2) is 84.0 Å². The van der Waals surface area contributed by atoms with Crippen LogP contribution in [0.2, 0.25) is 5.02 Å². The predicted molar refractivity (Wildman–Crippen MR) is 135 cm³/mol. The number of nitrogens with one attached hydrogen (secondary N) is 2. The van der Waals surface area contributed by atoms with Gasteiger partial charge in [0.1, 0.15) is 6.04 Å². The molecule has 3 aromatic rings. The lowest BCUT2D eigenvalue weighted by Gasteiger charge is -2.24. The van der Waals surface area contributed by atoms with Crippen LogP contribution in [0.4, 0.5) is 5.69 Å². The van der Waals surface area contributed by atoms with Gasteiger partial charge in [-0.3, -0.25) is 19.7 Å². The van der Waals surface area contributed by atoms with E-state index in [1.54, 1.807) is 0 Å². The second kappa shape index (κ2) is 11.9. The minimum Gasteiger partial charge on any atom is -0.343 e. The van der Waals surface area contributed by atoms with Crippen LogP contribution in [-0.2, 0) is 9.59 Å². The van der Waals surface area contributed by atoms with Crippen molar-refractivity contribution in [3.05, 3.63) is 111 Å². The van der Waals surface area contributed by atoms with Crippen molar-refractivity contribution in [1.29, 1.82) is 0 Å². The van der Waals surface area contributed by atoms with Crippen molar-refractivity contribution in [3.63, 3.8) is 0 Å². The molecule has 3 aromatic carbocycles. The Kier molecular flexibility index (Phi) is 8.69. The number of benzene rings is 3. The molecule has 0 fully saturated rings. The normalized spacial score (nSPS) is 12.0. The number of nitro benzene ring substituents is 1. The molecule has 0 aromatic heterocycles. The zero-order valence-electron chi connectivity index (χ0n) is 19.2.